The van der Waals surface area contributed by atoms with E-state index in [2.05, 4.69) is 16.0 Å². The Bertz CT molecular complexity index is 1750. The molecule has 0 spiro atoms. The van der Waals surface area contributed by atoms with Gasteiger partial charge >= 0.3 is 5.97 Å². The van der Waals surface area contributed by atoms with Crippen molar-refractivity contribution in [1.29, 1.82) is 5.26 Å². The normalized spacial score (nSPS) is 11.0. The predicted octanol–water partition coefficient (Wildman–Crippen LogP) is 7.21. The molecule has 0 saturated heterocycles. The van der Waals surface area contributed by atoms with Gasteiger partial charge in [0.2, 0.25) is 0 Å². The smallest absolute Gasteiger partial charge is 0.338 e. The number of hydrogen-bond acceptors (Lipinski definition) is 4. The molecular weight excluding hydrogens is 522 g/mol. The van der Waals surface area contributed by atoms with E-state index in [1.165, 1.54) is 0 Å². The van der Waals surface area contributed by atoms with Gasteiger partial charge in [0.15, 0.2) is 0 Å². The van der Waals surface area contributed by atoms with Crippen molar-refractivity contribution in [1.82, 2.24) is 9.88 Å². The fraction of sp³-hybridized carbons (Fsp3) is 0.0833. The van der Waals surface area contributed by atoms with Crippen LogP contribution in [0.15, 0.2) is 127 Å². The van der Waals surface area contributed by atoms with E-state index in [1.807, 2.05) is 109 Å². The maximum atomic E-state index is 13.1. The number of nitrogens with one attached hydrogen (secondary N) is 1. The van der Waals surface area contributed by atoms with Crippen LogP contribution < -0.4 is 5.32 Å². The summed E-state index contributed by atoms with van der Waals surface area (Å²) in [7, 11) is 0. The van der Waals surface area contributed by atoms with E-state index in [1.54, 1.807) is 25.1 Å². The molecule has 0 aliphatic heterocycles. The molecular formula is C36H29N3O3. The van der Waals surface area contributed by atoms with Crippen molar-refractivity contribution in [3.8, 4) is 34.3 Å². The Hall–Kier alpha value is -5.67. The van der Waals surface area contributed by atoms with Crippen molar-refractivity contribution in [2.24, 2.45) is 0 Å². The van der Waals surface area contributed by atoms with Crippen LogP contribution in [0, 0.1) is 11.3 Å². The van der Waals surface area contributed by atoms with Crippen molar-refractivity contribution in [3.05, 3.63) is 144 Å². The standard InChI is InChI=1S/C36H29N3O3/c1-2-42-36(41)29-18-20-32(21-19-29)39-33(27-14-8-4-9-15-27)23-30(34(39)28-16-10-5-11-17-28)22-31(24-37)35(40)38-25-26-12-6-3-7-13-26/h3-23H,2,25H2,1H3,(H,38,40)/b31-22-. The van der Waals surface area contributed by atoms with Crippen LogP contribution in [0.25, 0.3) is 34.3 Å². The number of amides is 1. The maximum Gasteiger partial charge on any atom is 0.338 e. The molecule has 0 radical (unpaired) electrons. The summed E-state index contributed by atoms with van der Waals surface area (Å²) in [6, 6.07) is 40.6. The van der Waals surface area contributed by atoms with Crippen molar-refractivity contribution in [3.63, 3.8) is 0 Å². The minimum Gasteiger partial charge on any atom is -0.462 e. The first-order chi connectivity index (χ1) is 20.6. The largest absolute Gasteiger partial charge is 0.462 e. The molecule has 5 aromatic rings. The highest BCUT2D eigenvalue weighted by atomic mass is 16.5. The maximum absolute atomic E-state index is 13.1. The number of aromatic nitrogens is 1. The summed E-state index contributed by atoms with van der Waals surface area (Å²) >= 11 is 0. The van der Waals surface area contributed by atoms with Gasteiger partial charge in [-0.25, -0.2) is 4.79 Å². The summed E-state index contributed by atoms with van der Waals surface area (Å²) in [6.45, 7) is 2.38. The highest BCUT2D eigenvalue weighted by Gasteiger charge is 2.21. The molecule has 206 valence electrons. The SMILES string of the molecule is CCOC(=O)c1ccc(-n2c(-c3ccccc3)cc(/C=C(/C#N)C(=O)NCc3ccccc3)c2-c2ccccc2)cc1. The number of ether oxygens (including phenoxy) is 1. The topological polar surface area (TPSA) is 84.1 Å². The first-order valence-electron chi connectivity index (χ1n) is 13.7. The zero-order chi connectivity index (χ0) is 29.3. The second-order valence-corrected chi connectivity index (χ2v) is 9.51. The van der Waals surface area contributed by atoms with E-state index < -0.39 is 5.91 Å². The van der Waals surface area contributed by atoms with E-state index in [0.717, 1.165) is 33.8 Å². The first-order valence-corrected chi connectivity index (χ1v) is 13.7. The average molecular weight is 552 g/mol. The lowest BCUT2D eigenvalue weighted by Crippen LogP contribution is -2.23. The van der Waals surface area contributed by atoms with E-state index >= 15 is 0 Å². The summed E-state index contributed by atoms with van der Waals surface area (Å²) in [5.41, 5.74) is 6.45. The van der Waals surface area contributed by atoms with Gasteiger partial charge in [0, 0.05) is 17.8 Å². The third kappa shape index (κ3) is 6.22. The minimum atomic E-state index is -0.451. The lowest BCUT2D eigenvalue weighted by molar-refractivity contribution is -0.117. The molecule has 6 heteroatoms. The van der Waals surface area contributed by atoms with Gasteiger partial charge in [0.05, 0.1) is 23.6 Å². The molecule has 0 atom stereocenters. The quantitative estimate of drug-likeness (QED) is 0.119. The fourth-order valence-electron chi connectivity index (χ4n) is 4.76. The van der Waals surface area contributed by atoms with Crippen LogP contribution in [-0.2, 0) is 16.1 Å². The van der Waals surface area contributed by atoms with Crippen LogP contribution >= 0.6 is 0 Å². The van der Waals surface area contributed by atoms with Crippen LogP contribution in [0.2, 0.25) is 0 Å². The van der Waals surface area contributed by atoms with E-state index in [9.17, 15) is 14.9 Å². The monoisotopic (exact) mass is 551 g/mol. The zero-order valence-corrected chi connectivity index (χ0v) is 23.2. The van der Waals surface area contributed by atoms with Crippen LogP contribution in [0.5, 0.6) is 0 Å². The van der Waals surface area contributed by atoms with E-state index in [-0.39, 0.29) is 11.5 Å². The van der Waals surface area contributed by atoms with Gasteiger partial charge in [-0.05, 0) is 60.0 Å². The Morgan fingerprint density at radius 2 is 1.43 bits per heavy atom. The molecule has 1 amide bonds. The van der Waals surface area contributed by atoms with Crippen LogP contribution in [0.1, 0.15) is 28.4 Å². The summed E-state index contributed by atoms with van der Waals surface area (Å²) in [6.07, 6.45) is 1.64. The second-order valence-electron chi connectivity index (χ2n) is 9.51. The van der Waals surface area contributed by atoms with Crippen LogP contribution in [-0.4, -0.2) is 23.1 Å². The van der Waals surface area contributed by atoms with Crippen molar-refractivity contribution in [2.45, 2.75) is 13.5 Å². The average Bonchev–Trinajstić information content (AvgIpc) is 3.43. The molecule has 5 rings (SSSR count). The van der Waals surface area contributed by atoms with Gasteiger partial charge in [0.1, 0.15) is 11.6 Å². The van der Waals surface area contributed by atoms with E-state index in [0.29, 0.717) is 24.3 Å². The first kappa shape index (κ1) is 27.9. The Morgan fingerprint density at radius 1 is 0.833 bits per heavy atom. The molecule has 1 heterocycles. The van der Waals surface area contributed by atoms with Crippen molar-refractivity contribution < 1.29 is 14.3 Å². The Labute approximate surface area is 245 Å². The van der Waals surface area contributed by atoms with Gasteiger partial charge < -0.3 is 14.6 Å². The Morgan fingerprint density at radius 3 is 2.02 bits per heavy atom. The molecule has 1 aromatic heterocycles. The van der Waals surface area contributed by atoms with Gasteiger partial charge in [-0.3, -0.25) is 4.79 Å². The summed E-state index contributed by atoms with van der Waals surface area (Å²) in [5, 5.41) is 12.9. The van der Waals surface area contributed by atoms with Crippen LogP contribution in [0.4, 0.5) is 0 Å². The Kier molecular flexibility index (Phi) is 8.71. The number of rotatable bonds is 9. The minimum absolute atomic E-state index is 0.00228. The van der Waals surface area contributed by atoms with E-state index in [4.69, 9.17) is 4.74 Å². The number of benzene rings is 4. The molecule has 0 aliphatic rings. The van der Waals surface area contributed by atoms with Crippen LogP contribution in [0.3, 0.4) is 0 Å². The molecule has 0 unspecified atom stereocenters. The molecule has 1 N–H and O–H groups in total. The number of esters is 1. The number of nitrogens with zero attached hydrogens (tertiary/aromatic N) is 2. The van der Waals surface area contributed by atoms with Crippen molar-refractivity contribution >= 4 is 18.0 Å². The predicted molar refractivity (Wildman–Crippen MR) is 164 cm³/mol. The highest BCUT2D eigenvalue weighted by Crippen LogP contribution is 2.37. The highest BCUT2D eigenvalue weighted by molar-refractivity contribution is 6.03. The third-order valence-corrected chi connectivity index (χ3v) is 6.74. The molecule has 0 saturated carbocycles. The molecule has 6 nitrogen and oxygen atoms in total. The molecule has 0 bridgehead atoms. The number of carbonyl (C=O) groups excluding carboxylic acids is 2. The summed E-state index contributed by atoms with van der Waals surface area (Å²) < 4.78 is 7.25. The van der Waals surface area contributed by atoms with Gasteiger partial charge in [0.25, 0.3) is 5.91 Å². The molecule has 0 fully saturated rings. The van der Waals surface area contributed by atoms with Crippen molar-refractivity contribution in [2.75, 3.05) is 6.61 Å². The number of nitriles is 1. The summed E-state index contributed by atoms with van der Waals surface area (Å²) in [4.78, 5) is 25.5. The lowest BCUT2D eigenvalue weighted by Gasteiger charge is -2.15. The number of carbonyl (C=O) groups is 2. The fourth-order valence-corrected chi connectivity index (χ4v) is 4.76. The summed E-state index contributed by atoms with van der Waals surface area (Å²) in [5.74, 6) is -0.833. The van der Waals surface area contributed by atoms with Gasteiger partial charge in [-0.1, -0.05) is 91.0 Å². The lowest BCUT2D eigenvalue weighted by atomic mass is 10.0. The number of hydrogen-bond donors (Lipinski definition) is 1. The second kappa shape index (κ2) is 13.1. The zero-order valence-electron chi connectivity index (χ0n) is 23.2. The molecule has 0 aliphatic carbocycles. The third-order valence-electron chi connectivity index (χ3n) is 6.74. The Balaban J connectivity index is 1.66. The molecule has 4 aromatic carbocycles. The van der Waals surface area contributed by atoms with Gasteiger partial charge in [-0.2, -0.15) is 5.26 Å². The molecule has 42 heavy (non-hydrogen) atoms. The van der Waals surface area contributed by atoms with Gasteiger partial charge in [-0.15, -0.1) is 0 Å².